The molecule has 0 fully saturated rings. The van der Waals surface area contributed by atoms with Crippen molar-refractivity contribution in [1.82, 2.24) is 0 Å². The smallest absolute Gasteiger partial charge is 0.176 e. The lowest BCUT2D eigenvalue weighted by Crippen LogP contribution is -2.13. The van der Waals surface area contributed by atoms with Crippen molar-refractivity contribution in [3.05, 3.63) is 29.8 Å². The molecule has 1 unspecified atom stereocenters. The van der Waals surface area contributed by atoms with Gasteiger partial charge in [0.05, 0.1) is 6.54 Å². The molecule has 4 nitrogen and oxygen atoms in total. The van der Waals surface area contributed by atoms with E-state index in [1.807, 2.05) is 0 Å². The average Bonchev–Trinajstić information content (AvgIpc) is 2.17. The largest absolute Gasteiger partial charge is 0.768 e. The standard InChI is InChI=1S/C8H9NO3S/c9-5-8(10)6-1-3-7(4-2-6)13(11)12/h1-4H,5,9H2,(H,11,12)/p-1. The molecule has 13 heavy (non-hydrogen) atoms. The number of carbonyl (C=O) groups excluding carboxylic acids is 1. The summed E-state index contributed by atoms with van der Waals surface area (Å²) in [6.45, 7) is -0.0696. The van der Waals surface area contributed by atoms with Crippen LogP contribution < -0.4 is 5.73 Å². The predicted octanol–water partition coefficient (Wildman–Crippen LogP) is 0.0660. The number of benzene rings is 1. The fraction of sp³-hybridized carbons (Fsp3) is 0.125. The summed E-state index contributed by atoms with van der Waals surface area (Å²) in [5.41, 5.74) is 5.56. The van der Waals surface area contributed by atoms with E-state index < -0.39 is 11.1 Å². The third-order valence-electron chi connectivity index (χ3n) is 1.55. The van der Waals surface area contributed by atoms with Crippen LogP contribution in [0.15, 0.2) is 29.2 Å². The Morgan fingerprint density at radius 1 is 1.38 bits per heavy atom. The first-order valence-corrected chi connectivity index (χ1v) is 4.65. The summed E-state index contributed by atoms with van der Waals surface area (Å²) in [5, 5.41) is 0. The Bertz CT molecular complexity index is 334. The molecule has 5 heteroatoms. The Kier molecular flexibility index (Phi) is 3.30. The molecule has 1 aromatic rings. The van der Waals surface area contributed by atoms with E-state index in [0.29, 0.717) is 5.56 Å². The Labute approximate surface area is 78.0 Å². The van der Waals surface area contributed by atoms with E-state index in [-0.39, 0.29) is 17.2 Å². The molecule has 0 heterocycles. The molecule has 2 N–H and O–H groups in total. The summed E-state index contributed by atoms with van der Waals surface area (Å²) in [5.74, 6) is -0.205. The van der Waals surface area contributed by atoms with Crippen LogP contribution in [-0.2, 0) is 11.1 Å². The first-order chi connectivity index (χ1) is 6.15. The molecular weight excluding hydrogens is 190 g/mol. The highest BCUT2D eigenvalue weighted by atomic mass is 32.2. The zero-order valence-electron chi connectivity index (χ0n) is 6.73. The molecule has 0 bridgehead atoms. The van der Waals surface area contributed by atoms with Gasteiger partial charge in [-0.1, -0.05) is 12.1 Å². The monoisotopic (exact) mass is 198 g/mol. The average molecular weight is 198 g/mol. The highest BCUT2D eigenvalue weighted by molar-refractivity contribution is 7.79. The molecule has 0 amide bonds. The van der Waals surface area contributed by atoms with Gasteiger partial charge in [0.2, 0.25) is 0 Å². The molecule has 1 aromatic carbocycles. The summed E-state index contributed by atoms with van der Waals surface area (Å²) in [6, 6.07) is 5.62. The van der Waals surface area contributed by atoms with E-state index in [9.17, 15) is 13.6 Å². The summed E-state index contributed by atoms with van der Waals surface area (Å²) >= 11 is -2.24. The van der Waals surface area contributed by atoms with Crippen LogP contribution in [0.2, 0.25) is 0 Å². The second kappa shape index (κ2) is 4.27. The van der Waals surface area contributed by atoms with Gasteiger partial charge in [0.25, 0.3) is 0 Å². The quantitative estimate of drug-likeness (QED) is 0.550. The van der Waals surface area contributed by atoms with Gasteiger partial charge in [-0.15, -0.1) is 0 Å². The lowest BCUT2D eigenvalue weighted by atomic mass is 10.1. The van der Waals surface area contributed by atoms with Crippen LogP contribution >= 0.6 is 0 Å². The number of hydrogen-bond acceptors (Lipinski definition) is 4. The van der Waals surface area contributed by atoms with Gasteiger partial charge in [-0.2, -0.15) is 0 Å². The second-order valence-corrected chi connectivity index (χ2v) is 3.33. The number of hydrogen-bond donors (Lipinski definition) is 1. The number of carbonyl (C=O) groups is 1. The second-order valence-electron chi connectivity index (χ2n) is 2.39. The van der Waals surface area contributed by atoms with Crippen LogP contribution in [0.4, 0.5) is 0 Å². The molecule has 1 rings (SSSR count). The predicted molar refractivity (Wildman–Crippen MR) is 47.0 cm³/mol. The first kappa shape index (κ1) is 10.0. The lowest BCUT2D eigenvalue weighted by Gasteiger charge is -2.04. The SMILES string of the molecule is NCC(=O)c1ccc(S(=O)[O-])cc1. The Morgan fingerprint density at radius 3 is 2.31 bits per heavy atom. The first-order valence-electron chi connectivity index (χ1n) is 3.57. The minimum absolute atomic E-state index is 0.0696. The van der Waals surface area contributed by atoms with E-state index in [1.165, 1.54) is 24.3 Å². The van der Waals surface area contributed by atoms with Crippen LogP contribution in [0.1, 0.15) is 10.4 Å². The van der Waals surface area contributed by atoms with Crippen molar-refractivity contribution >= 4 is 16.9 Å². The van der Waals surface area contributed by atoms with Crippen LogP contribution in [0, 0.1) is 0 Å². The third kappa shape index (κ3) is 2.45. The zero-order chi connectivity index (χ0) is 9.84. The van der Waals surface area contributed by atoms with Gasteiger partial charge in [-0.3, -0.25) is 9.00 Å². The van der Waals surface area contributed by atoms with Gasteiger partial charge in [0, 0.05) is 10.5 Å². The number of rotatable bonds is 3. The van der Waals surface area contributed by atoms with E-state index >= 15 is 0 Å². The van der Waals surface area contributed by atoms with Crippen molar-refractivity contribution in [2.75, 3.05) is 6.54 Å². The van der Waals surface area contributed by atoms with Gasteiger partial charge in [-0.25, -0.2) is 0 Å². The minimum atomic E-state index is -2.24. The number of ketones is 1. The van der Waals surface area contributed by atoms with Gasteiger partial charge >= 0.3 is 0 Å². The van der Waals surface area contributed by atoms with E-state index in [2.05, 4.69) is 0 Å². The Hall–Kier alpha value is -1.04. The molecule has 0 aliphatic carbocycles. The highest BCUT2D eigenvalue weighted by Crippen LogP contribution is 2.07. The van der Waals surface area contributed by atoms with Crippen LogP contribution in [0.3, 0.4) is 0 Å². The topological polar surface area (TPSA) is 83.2 Å². The van der Waals surface area contributed by atoms with Crippen molar-refractivity contribution in [2.45, 2.75) is 4.90 Å². The van der Waals surface area contributed by atoms with Crippen molar-refractivity contribution < 1.29 is 13.6 Å². The summed E-state index contributed by atoms with van der Waals surface area (Å²) in [4.78, 5) is 11.2. The molecule has 1 atom stereocenters. The maximum absolute atomic E-state index is 11.0. The number of nitrogens with two attached hydrogens (primary N) is 1. The molecule has 0 saturated heterocycles. The molecule has 70 valence electrons. The van der Waals surface area contributed by atoms with Crippen molar-refractivity contribution in [3.63, 3.8) is 0 Å². The minimum Gasteiger partial charge on any atom is -0.768 e. The molecule has 0 radical (unpaired) electrons. The number of Topliss-reactive ketones (excluding diaryl/α,β-unsaturated/α-hetero) is 1. The van der Waals surface area contributed by atoms with Crippen LogP contribution in [-0.4, -0.2) is 21.1 Å². The molecule has 0 aliphatic heterocycles. The van der Waals surface area contributed by atoms with E-state index in [4.69, 9.17) is 5.73 Å². The Morgan fingerprint density at radius 2 is 1.92 bits per heavy atom. The molecule has 0 aliphatic rings. The molecule has 0 aromatic heterocycles. The zero-order valence-corrected chi connectivity index (χ0v) is 7.54. The van der Waals surface area contributed by atoms with E-state index in [0.717, 1.165) is 0 Å². The lowest BCUT2D eigenvalue weighted by molar-refractivity contribution is 0.100. The summed E-state index contributed by atoms with van der Waals surface area (Å²) in [7, 11) is 0. The van der Waals surface area contributed by atoms with E-state index in [1.54, 1.807) is 0 Å². The fourth-order valence-corrected chi connectivity index (χ4v) is 1.23. The summed E-state index contributed by atoms with van der Waals surface area (Å²) < 4.78 is 20.9. The Balaban J connectivity index is 2.93. The molecule has 0 saturated carbocycles. The maximum atomic E-state index is 11.0. The van der Waals surface area contributed by atoms with Gasteiger partial charge in [0.15, 0.2) is 5.78 Å². The molecule has 0 spiro atoms. The van der Waals surface area contributed by atoms with Crippen molar-refractivity contribution in [1.29, 1.82) is 0 Å². The van der Waals surface area contributed by atoms with Gasteiger partial charge in [-0.05, 0) is 23.2 Å². The summed E-state index contributed by atoms with van der Waals surface area (Å²) in [6.07, 6.45) is 0. The molecular formula is C8H8NO3S-. The van der Waals surface area contributed by atoms with Crippen molar-refractivity contribution in [2.24, 2.45) is 5.73 Å². The normalized spacial score (nSPS) is 12.5. The van der Waals surface area contributed by atoms with Crippen molar-refractivity contribution in [3.8, 4) is 0 Å². The fourth-order valence-electron chi connectivity index (χ4n) is 0.870. The van der Waals surface area contributed by atoms with Gasteiger partial charge < -0.3 is 10.3 Å². The third-order valence-corrected chi connectivity index (χ3v) is 2.21. The highest BCUT2D eigenvalue weighted by Gasteiger charge is 2.02. The maximum Gasteiger partial charge on any atom is 0.176 e. The van der Waals surface area contributed by atoms with Crippen LogP contribution in [0.5, 0.6) is 0 Å². The van der Waals surface area contributed by atoms with Crippen LogP contribution in [0.25, 0.3) is 0 Å². The van der Waals surface area contributed by atoms with Gasteiger partial charge in [0.1, 0.15) is 0 Å².